The Morgan fingerprint density at radius 2 is 2.00 bits per heavy atom. The minimum absolute atomic E-state index is 0.179. The Morgan fingerprint density at radius 1 is 1.20 bits per heavy atom. The number of hydrogen-bond acceptors (Lipinski definition) is 3. The minimum atomic E-state index is -0.179. The van der Waals surface area contributed by atoms with Crippen molar-refractivity contribution in [2.75, 3.05) is 18.4 Å². The standard InChI is InChI=1S/C14H13BrClN3O/c15-10-5-6-13(19-9-10)17-7-8-18-14(20)11-3-1-2-4-12(11)16/h1-6,9H,7-8H2,(H,17,19)(H,18,20). The first-order chi connectivity index (χ1) is 9.66. The highest BCUT2D eigenvalue weighted by atomic mass is 79.9. The Labute approximate surface area is 130 Å². The molecule has 1 amide bonds. The molecule has 20 heavy (non-hydrogen) atoms. The van der Waals surface area contributed by atoms with Gasteiger partial charge in [0.1, 0.15) is 5.82 Å². The number of aromatic nitrogens is 1. The van der Waals surface area contributed by atoms with Crippen LogP contribution < -0.4 is 10.6 Å². The number of pyridine rings is 1. The number of carbonyl (C=O) groups excluding carboxylic acids is 1. The number of rotatable bonds is 5. The lowest BCUT2D eigenvalue weighted by Crippen LogP contribution is -2.29. The molecule has 0 aliphatic heterocycles. The van der Waals surface area contributed by atoms with Crippen LogP contribution in [0.25, 0.3) is 0 Å². The van der Waals surface area contributed by atoms with E-state index in [0.29, 0.717) is 23.7 Å². The van der Waals surface area contributed by atoms with Crippen molar-refractivity contribution in [3.63, 3.8) is 0 Å². The summed E-state index contributed by atoms with van der Waals surface area (Å²) in [5.74, 6) is 0.585. The Hall–Kier alpha value is -1.59. The summed E-state index contributed by atoms with van der Waals surface area (Å²) in [6.45, 7) is 1.08. The summed E-state index contributed by atoms with van der Waals surface area (Å²) in [7, 11) is 0. The zero-order chi connectivity index (χ0) is 14.4. The molecule has 0 radical (unpaired) electrons. The average molecular weight is 355 g/mol. The Balaban J connectivity index is 1.77. The molecule has 4 nitrogen and oxygen atoms in total. The topological polar surface area (TPSA) is 54.0 Å². The van der Waals surface area contributed by atoms with E-state index in [1.54, 1.807) is 30.5 Å². The van der Waals surface area contributed by atoms with Gasteiger partial charge in [0.05, 0.1) is 10.6 Å². The summed E-state index contributed by atoms with van der Waals surface area (Å²) in [6, 6.07) is 10.7. The number of hydrogen-bond donors (Lipinski definition) is 2. The molecule has 0 aliphatic rings. The highest BCUT2D eigenvalue weighted by Crippen LogP contribution is 2.14. The molecular weight excluding hydrogens is 342 g/mol. The van der Waals surface area contributed by atoms with E-state index >= 15 is 0 Å². The second kappa shape index (κ2) is 7.26. The maximum Gasteiger partial charge on any atom is 0.252 e. The van der Waals surface area contributed by atoms with E-state index in [0.717, 1.165) is 10.3 Å². The lowest BCUT2D eigenvalue weighted by Gasteiger charge is -2.08. The van der Waals surface area contributed by atoms with E-state index in [4.69, 9.17) is 11.6 Å². The van der Waals surface area contributed by atoms with Crippen LogP contribution in [0.15, 0.2) is 47.1 Å². The van der Waals surface area contributed by atoms with Gasteiger partial charge in [0.25, 0.3) is 5.91 Å². The molecule has 2 aromatic rings. The molecular formula is C14H13BrClN3O. The third kappa shape index (κ3) is 4.21. The van der Waals surface area contributed by atoms with E-state index in [1.165, 1.54) is 0 Å². The third-order valence-corrected chi connectivity index (χ3v) is 3.36. The Kier molecular flexibility index (Phi) is 5.38. The van der Waals surface area contributed by atoms with Crippen LogP contribution >= 0.6 is 27.5 Å². The second-order valence-corrected chi connectivity index (χ2v) is 5.35. The summed E-state index contributed by atoms with van der Waals surface area (Å²) in [4.78, 5) is 16.1. The van der Waals surface area contributed by atoms with Crippen molar-refractivity contribution in [2.45, 2.75) is 0 Å². The number of halogens is 2. The Morgan fingerprint density at radius 3 is 2.70 bits per heavy atom. The summed E-state index contributed by atoms with van der Waals surface area (Å²) in [6.07, 6.45) is 1.71. The normalized spacial score (nSPS) is 10.1. The predicted molar refractivity (Wildman–Crippen MR) is 84.2 cm³/mol. The number of benzene rings is 1. The summed E-state index contributed by atoms with van der Waals surface area (Å²) in [5.41, 5.74) is 0.482. The van der Waals surface area contributed by atoms with Gasteiger partial charge in [-0.15, -0.1) is 0 Å². The van der Waals surface area contributed by atoms with Crippen molar-refractivity contribution < 1.29 is 4.79 Å². The van der Waals surface area contributed by atoms with Gasteiger partial charge >= 0.3 is 0 Å². The molecule has 1 heterocycles. The highest BCUT2D eigenvalue weighted by Gasteiger charge is 2.08. The minimum Gasteiger partial charge on any atom is -0.368 e. The smallest absolute Gasteiger partial charge is 0.252 e. The van der Waals surface area contributed by atoms with E-state index in [-0.39, 0.29) is 5.91 Å². The number of amides is 1. The maximum atomic E-state index is 11.9. The highest BCUT2D eigenvalue weighted by molar-refractivity contribution is 9.10. The Bertz CT molecular complexity index is 589. The van der Waals surface area contributed by atoms with Crippen LogP contribution in [-0.4, -0.2) is 24.0 Å². The van der Waals surface area contributed by atoms with Crippen molar-refractivity contribution in [2.24, 2.45) is 0 Å². The number of carbonyl (C=O) groups is 1. The molecule has 0 bridgehead atoms. The SMILES string of the molecule is O=C(NCCNc1ccc(Br)cn1)c1ccccc1Cl. The molecule has 0 unspecified atom stereocenters. The fourth-order valence-electron chi connectivity index (χ4n) is 1.59. The van der Waals surface area contributed by atoms with Crippen LogP contribution in [0.2, 0.25) is 5.02 Å². The molecule has 1 aromatic carbocycles. The van der Waals surface area contributed by atoms with E-state index < -0.39 is 0 Å². The fraction of sp³-hybridized carbons (Fsp3) is 0.143. The van der Waals surface area contributed by atoms with Crippen molar-refractivity contribution in [1.29, 1.82) is 0 Å². The quantitative estimate of drug-likeness (QED) is 0.810. The monoisotopic (exact) mass is 353 g/mol. The van der Waals surface area contributed by atoms with Gasteiger partial charge < -0.3 is 10.6 Å². The molecule has 2 rings (SSSR count). The van der Waals surface area contributed by atoms with Crippen LogP contribution in [0, 0.1) is 0 Å². The fourth-order valence-corrected chi connectivity index (χ4v) is 2.04. The molecule has 0 aliphatic carbocycles. The van der Waals surface area contributed by atoms with Gasteiger partial charge in [-0.3, -0.25) is 4.79 Å². The van der Waals surface area contributed by atoms with Gasteiger partial charge in [0.15, 0.2) is 0 Å². The average Bonchev–Trinajstić information content (AvgIpc) is 2.46. The molecule has 0 spiro atoms. The first-order valence-corrected chi connectivity index (χ1v) is 7.22. The van der Waals surface area contributed by atoms with Crippen molar-refractivity contribution >= 4 is 39.3 Å². The predicted octanol–water partition coefficient (Wildman–Crippen LogP) is 3.34. The number of nitrogens with zero attached hydrogens (tertiary/aromatic N) is 1. The first kappa shape index (κ1) is 14.8. The van der Waals surface area contributed by atoms with Gasteiger partial charge in [-0.2, -0.15) is 0 Å². The van der Waals surface area contributed by atoms with Crippen LogP contribution in [0.1, 0.15) is 10.4 Å². The molecule has 1 aromatic heterocycles. The number of nitrogens with one attached hydrogen (secondary N) is 2. The zero-order valence-electron chi connectivity index (χ0n) is 10.6. The van der Waals surface area contributed by atoms with Gasteiger partial charge in [-0.05, 0) is 40.2 Å². The molecule has 2 N–H and O–H groups in total. The summed E-state index contributed by atoms with van der Waals surface area (Å²) < 4.78 is 0.926. The summed E-state index contributed by atoms with van der Waals surface area (Å²) >= 11 is 9.27. The lowest BCUT2D eigenvalue weighted by atomic mass is 10.2. The zero-order valence-corrected chi connectivity index (χ0v) is 12.9. The maximum absolute atomic E-state index is 11.9. The third-order valence-electron chi connectivity index (χ3n) is 2.56. The van der Waals surface area contributed by atoms with Crippen LogP contribution in [0.4, 0.5) is 5.82 Å². The van der Waals surface area contributed by atoms with Gasteiger partial charge in [-0.25, -0.2) is 4.98 Å². The van der Waals surface area contributed by atoms with E-state index in [9.17, 15) is 4.79 Å². The van der Waals surface area contributed by atoms with E-state index in [1.807, 2.05) is 12.1 Å². The largest absolute Gasteiger partial charge is 0.368 e. The summed E-state index contributed by atoms with van der Waals surface area (Å²) in [5, 5.41) is 6.36. The van der Waals surface area contributed by atoms with Crippen LogP contribution in [0.5, 0.6) is 0 Å². The van der Waals surface area contributed by atoms with E-state index in [2.05, 4.69) is 31.5 Å². The molecule has 0 saturated carbocycles. The second-order valence-electron chi connectivity index (χ2n) is 4.02. The van der Waals surface area contributed by atoms with Crippen molar-refractivity contribution in [1.82, 2.24) is 10.3 Å². The molecule has 0 atom stereocenters. The van der Waals surface area contributed by atoms with Gasteiger partial charge in [0, 0.05) is 23.8 Å². The first-order valence-electron chi connectivity index (χ1n) is 6.05. The van der Waals surface area contributed by atoms with Gasteiger partial charge in [-0.1, -0.05) is 23.7 Å². The molecule has 104 valence electrons. The van der Waals surface area contributed by atoms with Crippen LogP contribution in [0.3, 0.4) is 0 Å². The van der Waals surface area contributed by atoms with Crippen molar-refractivity contribution in [3.8, 4) is 0 Å². The molecule has 0 saturated heterocycles. The van der Waals surface area contributed by atoms with Crippen LogP contribution in [-0.2, 0) is 0 Å². The van der Waals surface area contributed by atoms with Crippen molar-refractivity contribution in [3.05, 3.63) is 57.7 Å². The van der Waals surface area contributed by atoms with Gasteiger partial charge in [0.2, 0.25) is 0 Å². The lowest BCUT2D eigenvalue weighted by molar-refractivity contribution is 0.0955. The number of anilines is 1. The molecule has 6 heteroatoms. The molecule has 0 fully saturated rings.